The Balaban J connectivity index is 0.00000174. The zero-order valence-corrected chi connectivity index (χ0v) is 42.1. The van der Waals surface area contributed by atoms with Crippen LogP contribution in [-0.4, -0.2) is 88.0 Å². The molecule has 2 bridgehead atoms. The number of benzene rings is 4. The average Bonchev–Trinajstić information content (AvgIpc) is 3.62. The lowest BCUT2D eigenvalue weighted by molar-refractivity contribution is -0.126. The average molecular weight is 1080 g/mol. The Hall–Kier alpha value is -5.63. The van der Waals surface area contributed by atoms with Gasteiger partial charge in [-0.05, 0) is 126 Å². The Morgan fingerprint density at radius 2 is 1.13 bits per heavy atom. The zero-order chi connectivity index (χ0) is 50.4. The molecular weight excluding hydrogens is 1040 g/mol. The van der Waals surface area contributed by atoms with Crippen LogP contribution in [0.25, 0.3) is 36.8 Å². The highest BCUT2D eigenvalue weighted by atomic mass is 32.2. The van der Waals surface area contributed by atoms with E-state index in [0.717, 1.165) is 70.7 Å². The molecule has 362 valence electrons. The predicted molar refractivity (Wildman–Crippen MR) is 272 cm³/mol. The van der Waals surface area contributed by atoms with Crippen LogP contribution in [0.3, 0.4) is 0 Å². The molecule has 2 atom stereocenters. The smallest absolute Gasteiger partial charge is 0.425 e. The van der Waals surface area contributed by atoms with Gasteiger partial charge in [-0.15, -0.1) is 12.6 Å². The minimum atomic E-state index is -4.43. The summed E-state index contributed by atoms with van der Waals surface area (Å²) in [7, 11) is -14.2. The molecule has 0 aliphatic carbocycles. The number of hydrogen-bond donors (Lipinski definition) is 3. The van der Waals surface area contributed by atoms with Crippen LogP contribution in [0.4, 0.5) is 0 Å². The monoisotopic (exact) mass is 1080 g/mol. The summed E-state index contributed by atoms with van der Waals surface area (Å²) in [6, 6.07) is 31.9. The lowest BCUT2D eigenvalue weighted by Gasteiger charge is -2.36. The van der Waals surface area contributed by atoms with Gasteiger partial charge in [-0.1, -0.05) is 90.3 Å². The fourth-order valence-corrected chi connectivity index (χ4v) is 12.7. The Morgan fingerprint density at radius 3 is 1.60 bits per heavy atom. The number of likely N-dealkylation sites (N-methyl/N-ethyl adjacent to an activating group) is 1. The molecule has 0 spiro atoms. The second-order valence-corrected chi connectivity index (χ2v) is 23.3. The Morgan fingerprint density at radius 1 is 0.671 bits per heavy atom. The van der Waals surface area contributed by atoms with Gasteiger partial charge in [0.05, 0.1) is 14.7 Å². The van der Waals surface area contributed by atoms with Gasteiger partial charge >= 0.3 is 10.6 Å². The van der Waals surface area contributed by atoms with E-state index >= 15 is 0 Å². The van der Waals surface area contributed by atoms with Crippen LogP contribution in [0.2, 0.25) is 0 Å². The molecule has 0 saturated carbocycles. The van der Waals surface area contributed by atoms with E-state index < -0.39 is 41.0 Å². The van der Waals surface area contributed by atoms with E-state index in [1.807, 2.05) is 54.6 Å². The summed E-state index contributed by atoms with van der Waals surface area (Å²) in [5.41, 5.74) is 6.83. The third-order valence-corrected chi connectivity index (χ3v) is 17.1. The number of carbonyl (C=O) groups is 1. The predicted octanol–water partition coefficient (Wildman–Crippen LogP) is 9.39. The van der Waals surface area contributed by atoms with Gasteiger partial charge in [0.1, 0.15) is 5.94 Å². The number of carbonyl (C=O) groups excluding carboxylic acids is 1. The topological polar surface area (TPSA) is 244 Å². The van der Waals surface area contributed by atoms with Crippen molar-refractivity contribution in [3.05, 3.63) is 184 Å². The Labute approximate surface area is 418 Å². The highest BCUT2D eigenvalue weighted by Gasteiger charge is 2.41. The van der Waals surface area contributed by atoms with E-state index in [1.54, 1.807) is 47.7 Å². The van der Waals surface area contributed by atoms with Crippen LogP contribution in [0.5, 0.6) is 0 Å². The van der Waals surface area contributed by atoms with Crippen molar-refractivity contribution in [2.24, 2.45) is 0 Å². The molecule has 4 aromatic carbocycles. The lowest BCUT2D eigenvalue weighted by atomic mass is 9.95. The maximum atomic E-state index is 11.8. The van der Waals surface area contributed by atoms with Crippen LogP contribution >= 0.6 is 34.9 Å². The van der Waals surface area contributed by atoms with Crippen LogP contribution in [0, 0.1) is 0 Å². The number of allylic oxidation sites excluding steroid dienone is 5. The first kappa shape index (κ1) is 52.2. The van der Waals surface area contributed by atoms with Crippen molar-refractivity contribution in [2.45, 2.75) is 39.6 Å². The fraction of sp³-hybridized carbons (Fsp3) is 0.125. The molecule has 2 unspecified atom stereocenters. The zero-order valence-electron chi connectivity index (χ0n) is 36.4. The van der Waals surface area contributed by atoms with Gasteiger partial charge in [-0.3, -0.25) is 23.4 Å². The molecule has 8 rings (SSSR count). The number of rotatable bonds is 14. The quantitative estimate of drug-likeness (QED) is 0.0308. The van der Waals surface area contributed by atoms with Gasteiger partial charge in [0.25, 0.3) is 36.8 Å². The lowest BCUT2D eigenvalue weighted by Crippen LogP contribution is -2.39. The van der Waals surface area contributed by atoms with E-state index in [2.05, 4.69) is 36.2 Å². The molecule has 3 aliphatic rings. The summed E-state index contributed by atoms with van der Waals surface area (Å²) >= 11 is 4.36. The molecule has 70 heavy (non-hydrogen) atoms. The highest BCUT2D eigenvalue weighted by molar-refractivity contribution is 8.16. The number of nitrogens with zero attached hydrogens (tertiary/aromatic N) is 1. The van der Waals surface area contributed by atoms with E-state index in [9.17, 15) is 43.7 Å². The number of thioether (sulfide) groups is 2. The molecule has 3 N–H and O–H groups in total. The Bertz CT molecular complexity index is 3380. The molecule has 3 aliphatic heterocycles. The van der Waals surface area contributed by atoms with E-state index in [0.29, 0.717) is 17.6 Å². The fourth-order valence-electron chi connectivity index (χ4n) is 7.97. The number of hydrogen-bond acceptors (Lipinski definition) is 14. The molecule has 4 heterocycles. The summed E-state index contributed by atoms with van der Waals surface area (Å²) in [4.78, 5) is 17.4. The number of fused-ring (bicyclic) bond motifs is 2. The third kappa shape index (κ3) is 13.0. The molecule has 1 aromatic heterocycles. The molecular formula is C48H40NO14S7+. The van der Waals surface area contributed by atoms with Crippen molar-refractivity contribution >= 4 is 98.2 Å². The van der Waals surface area contributed by atoms with Crippen molar-refractivity contribution in [1.29, 1.82) is 0 Å². The van der Waals surface area contributed by atoms with E-state index in [-0.39, 0.29) is 32.7 Å². The second kappa shape index (κ2) is 22.2. The van der Waals surface area contributed by atoms with Gasteiger partial charge in [0.2, 0.25) is 21.1 Å². The van der Waals surface area contributed by atoms with Gasteiger partial charge in [-0.25, -0.2) is 0 Å². The maximum absolute atomic E-state index is 11.8. The number of ether oxygens (including phenoxy) is 1. The summed E-state index contributed by atoms with van der Waals surface area (Å²) < 4.78 is 130. The first-order chi connectivity index (χ1) is 33.2. The van der Waals surface area contributed by atoms with Crippen molar-refractivity contribution in [2.75, 3.05) is 13.0 Å². The Kier molecular flexibility index (Phi) is 16.6. The van der Waals surface area contributed by atoms with Crippen molar-refractivity contribution in [3.8, 4) is 20.9 Å². The standard InChI is InChI=1S/C48H39NO11S6.O3S/c1-49-42-23-24-43(49)41(22-8-32-27-46(35-11-17-38(18-12-35)65(54,55)56)63-47(28-32)36-13-19-39(20-14-36)66(57,58)59)48(61-30-60-29-50)40(42)21-7-31-25-44(33-5-3-2-4-6-33)62-45(26-31)34-9-15-37(16-10-34)64(51,52)53;1-4(2)3/h2-22,25-29,42-43H,23-24,30H2,1H3,(H2-,51,52,53,54,55,56,57,58,59);/p+1. The van der Waals surface area contributed by atoms with Crippen LogP contribution in [-0.2, 0) is 50.5 Å². The molecule has 1 saturated heterocycles. The summed E-state index contributed by atoms with van der Waals surface area (Å²) in [5.74, 6) is 0.0754. The molecule has 22 heteroatoms. The van der Waals surface area contributed by atoms with Crippen molar-refractivity contribution in [1.82, 2.24) is 4.90 Å². The maximum Gasteiger partial charge on any atom is 0.425 e. The summed E-state index contributed by atoms with van der Waals surface area (Å²) in [6.45, 7) is 0.418. The van der Waals surface area contributed by atoms with Crippen molar-refractivity contribution in [3.63, 3.8) is 0 Å². The van der Waals surface area contributed by atoms with E-state index in [1.165, 1.54) is 59.9 Å². The van der Waals surface area contributed by atoms with E-state index in [4.69, 9.17) is 17.4 Å². The van der Waals surface area contributed by atoms with Gasteiger partial charge in [-0.2, -0.15) is 25.3 Å². The largest absolute Gasteiger partial charge is 0.456 e. The molecule has 0 radical (unpaired) electrons. The first-order valence-corrected chi connectivity index (χ1v) is 28.5. The van der Waals surface area contributed by atoms with Gasteiger partial charge in [0, 0.05) is 50.1 Å². The molecule has 0 amide bonds. The normalized spacial score (nSPS) is 17.9. The minimum Gasteiger partial charge on any atom is -0.456 e. The minimum absolute atomic E-state index is 0.0362. The van der Waals surface area contributed by atoms with Crippen LogP contribution < -0.4 is 0 Å². The van der Waals surface area contributed by atoms with Gasteiger partial charge < -0.3 is 4.74 Å². The second-order valence-electron chi connectivity index (χ2n) is 15.5. The summed E-state index contributed by atoms with van der Waals surface area (Å²) in [5, 5.41) is 0. The molecule has 1 fully saturated rings. The van der Waals surface area contributed by atoms with Gasteiger partial charge in [0.15, 0.2) is 0 Å². The van der Waals surface area contributed by atoms with Crippen LogP contribution in [0.1, 0.15) is 29.5 Å². The summed E-state index contributed by atoms with van der Waals surface area (Å²) in [6.07, 6.45) is 13.8. The third-order valence-electron chi connectivity index (χ3n) is 11.2. The molecule has 15 nitrogen and oxygen atoms in total. The van der Waals surface area contributed by atoms with Crippen molar-refractivity contribution < 1.29 is 61.1 Å². The molecule has 5 aromatic rings. The highest BCUT2D eigenvalue weighted by Crippen LogP contribution is 2.48. The first-order valence-electron chi connectivity index (χ1n) is 20.6. The SMILES string of the molecule is CN1C2CCC1/C(=C\C=C1C=C(c3ccc(S(=O)(=O)O)cc3)SC(c3ccc(S(=O)(=O)O)cc3)=C1)C(SCOC=O)=C2/C=C/c1cc(-c2ccccc2)[s+]c(-c2ccc(S(=O)(=O)O)cc2)c1.O=S(=O)=O. The van der Waals surface area contributed by atoms with Crippen LogP contribution in [0.15, 0.2) is 182 Å².